The molecule has 2 N–H and O–H groups in total. The molecule has 0 aliphatic carbocycles. The summed E-state index contributed by atoms with van der Waals surface area (Å²) in [5, 5.41) is 5.74. The van der Waals surface area contributed by atoms with E-state index in [0.717, 1.165) is 47.8 Å². The van der Waals surface area contributed by atoms with Gasteiger partial charge in [-0.2, -0.15) is 4.99 Å². The van der Waals surface area contributed by atoms with Crippen LogP contribution >= 0.6 is 11.3 Å². The fourth-order valence-electron chi connectivity index (χ4n) is 3.36. The molecule has 0 bridgehead atoms. The highest BCUT2D eigenvalue weighted by atomic mass is 32.1. The molecule has 2 fully saturated rings. The van der Waals surface area contributed by atoms with E-state index >= 15 is 0 Å². The molecule has 2 aliphatic heterocycles. The van der Waals surface area contributed by atoms with Crippen LogP contribution in [0.3, 0.4) is 0 Å². The van der Waals surface area contributed by atoms with Crippen molar-refractivity contribution in [3.05, 3.63) is 47.4 Å². The van der Waals surface area contributed by atoms with E-state index in [1.54, 1.807) is 29.8 Å². The first-order valence-electron chi connectivity index (χ1n) is 9.62. The first kappa shape index (κ1) is 18.6. The molecule has 4 heterocycles. The second-order valence-corrected chi connectivity index (χ2v) is 8.09. The number of guanidine groups is 1. The van der Waals surface area contributed by atoms with Crippen molar-refractivity contribution in [3.8, 4) is 0 Å². The first-order valence-corrected chi connectivity index (χ1v) is 10.5. The number of likely N-dealkylation sites (N-methyl/N-ethyl adjacent to an activating group) is 1. The SMILES string of the molecule is CN1CCN(c2cnc(/N=C3/NC(=O)/C(=C/c4ccc5ncsc5c4)N3)cn2)CC1. The Morgan fingerprint density at radius 3 is 2.77 bits per heavy atom. The standard InChI is InChI=1S/C20H20N8OS/c1-27-4-6-28(7-5-27)18-11-21-17(10-22-18)25-20-24-15(19(29)26-20)8-13-2-3-14-16(9-13)30-12-23-14/h2-3,8-12H,4-7H2,1H3,(H2,21,24,25,26,29)/b15-8-. The number of hydrogen-bond acceptors (Lipinski definition) is 8. The van der Waals surface area contributed by atoms with Crippen LogP contribution in [0.1, 0.15) is 5.56 Å². The third kappa shape index (κ3) is 3.87. The summed E-state index contributed by atoms with van der Waals surface area (Å²) in [5.41, 5.74) is 4.11. The number of anilines is 1. The molecule has 30 heavy (non-hydrogen) atoms. The summed E-state index contributed by atoms with van der Waals surface area (Å²) in [6.07, 6.45) is 5.13. The van der Waals surface area contributed by atoms with Crippen molar-refractivity contribution in [3.63, 3.8) is 0 Å². The normalized spacial score (nSPS) is 20.2. The Morgan fingerprint density at radius 1 is 1.10 bits per heavy atom. The second kappa shape index (κ2) is 7.81. The van der Waals surface area contributed by atoms with Crippen LogP contribution in [0.4, 0.5) is 11.6 Å². The summed E-state index contributed by atoms with van der Waals surface area (Å²) in [4.78, 5) is 34.3. The molecule has 1 aromatic carbocycles. The number of piperazine rings is 1. The van der Waals surface area contributed by atoms with Crippen LogP contribution in [0, 0.1) is 0 Å². The van der Waals surface area contributed by atoms with Gasteiger partial charge < -0.3 is 15.1 Å². The summed E-state index contributed by atoms with van der Waals surface area (Å²) < 4.78 is 1.08. The number of thiazole rings is 1. The Bertz CT molecular complexity index is 1150. The predicted molar refractivity (Wildman–Crippen MR) is 118 cm³/mol. The Hall–Kier alpha value is -3.37. The van der Waals surface area contributed by atoms with Gasteiger partial charge in [-0.25, -0.2) is 15.0 Å². The lowest BCUT2D eigenvalue weighted by Crippen LogP contribution is -2.44. The molecule has 0 atom stereocenters. The van der Waals surface area contributed by atoms with E-state index in [9.17, 15) is 4.79 Å². The van der Waals surface area contributed by atoms with Crippen LogP contribution in [-0.4, -0.2) is 64.9 Å². The zero-order chi connectivity index (χ0) is 20.5. The Balaban J connectivity index is 1.30. The topological polar surface area (TPSA) is 98.6 Å². The number of aliphatic imine (C=N–C) groups is 1. The first-order chi connectivity index (χ1) is 14.6. The quantitative estimate of drug-likeness (QED) is 0.621. The number of rotatable bonds is 3. The fourth-order valence-corrected chi connectivity index (χ4v) is 4.09. The molecule has 0 radical (unpaired) electrons. The number of nitrogens with zero attached hydrogens (tertiary/aromatic N) is 6. The van der Waals surface area contributed by atoms with Gasteiger partial charge in [0, 0.05) is 26.2 Å². The Labute approximate surface area is 177 Å². The van der Waals surface area contributed by atoms with Crippen molar-refractivity contribution >= 4 is 51.1 Å². The predicted octanol–water partition coefficient (Wildman–Crippen LogP) is 1.59. The molecular weight excluding hydrogens is 400 g/mol. The zero-order valence-electron chi connectivity index (χ0n) is 16.4. The van der Waals surface area contributed by atoms with E-state index in [1.165, 1.54) is 0 Å². The summed E-state index contributed by atoms with van der Waals surface area (Å²) in [6, 6.07) is 5.88. The smallest absolute Gasteiger partial charge is 0.274 e. The monoisotopic (exact) mass is 420 g/mol. The van der Waals surface area contributed by atoms with Crippen LogP contribution in [0.25, 0.3) is 16.3 Å². The number of hydrogen-bond donors (Lipinski definition) is 2. The van der Waals surface area contributed by atoms with E-state index in [1.807, 2.05) is 23.7 Å². The van der Waals surface area contributed by atoms with Gasteiger partial charge in [0.05, 0.1) is 28.1 Å². The lowest BCUT2D eigenvalue weighted by atomic mass is 10.2. The minimum absolute atomic E-state index is 0.236. The van der Waals surface area contributed by atoms with Crippen molar-refractivity contribution in [2.24, 2.45) is 4.99 Å². The molecule has 5 rings (SSSR count). The number of amides is 1. The van der Waals surface area contributed by atoms with Gasteiger partial charge in [-0.3, -0.25) is 10.1 Å². The minimum atomic E-state index is -0.236. The van der Waals surface area contributed by atoms with Gasteiger partial charge in [0.15, 0.2) is 5.82 Å². The summed E-state index contributed by atoms with van der Waals surface area (Å²) in [5.74, 6) is 1.38. The molecule has 9 nitrogen and oxygen atoms in total. The van der Waals surface area contributed by atoms with E-state index in [0.29, 0.717) is 17.5 Å². The van der Waals surface area contributed by atoms with Crippen molar-refractivity contribution in [1.82, 2.24) is 30.5 Å². The fraction of sp³-hybridized carbons (Fsp3) is 0.250. The lowest BCUT2D eigenvalue weighted by Gasteiger charge is -2.32. The average Bonchev–Trinajstić information content (AvgIpc) is 3.35. The number of carbonyl (C=O) groups is 1. The van der Waals surface area contributed by atoms with Crippen molar-refractivity contribution in [2.45, 2.75) is 0 Å². The van der Waals surface area contributed by atoms with E-state index in [2.05, 4.69) is 47.4 Å². The van der Waals surface area contributed by atoms with Crippen LogP contribution in [0.5, 0.6) is 0 Å². The summed E-state index contributed by atoms with van der Waals surface area (Å²) >= 11 is 1.57. The van der Waals surface area contributed by atoms with E-state index < -0.39 is 0 Å². The molecule has 2 aromatic heterocycles. The molecule has 152 valence electrons. The van der Waals surface area contributed by atoms with Crippen LogP contribution in [0.2, 0.25) is 0 Å². The number of carbonyl (C=O) groups excluding carboxylic acids is 1. The molecule has 0 saturated carbocycles. The highest BCUT2D eigenvalue weighted by Gasteiger charge is 2.22. The molecule has 2 aliphatic rings. The lowest BCUT2D eigenvalue weighted by molar-refractivity contribution is -0.115. The van der Waals surface area contributed by atoms with Crippen molar-refractivity contribution in [2.75, 3.05) is 38.1 Å². The largest absolute Gasteiger partial charge is 0.353 e. The third-order valence-corrected chi connectivity index (χ3v) is 5.87. The maximum atomic E-state index is 12.3. The second-order valence-electron chi connectivity index (χ2n) is 7.20. The molecule has 2 saturated heterocycles. The molecule has 0 unspecified atom stereocenters. The number of nitrogens with one attached hydrogen (secondary N) is 2. The number of benzene rings is 1. The van der Waals surface area contributed by atoms with E-state index in [4.69, 9.17) is 0 Å². The molecule has 0 spiro atoms. The molecule has 10 heteroatoms. The molecule has 3 aromatic rings. The number of aromatic nitrogens is 3. The zero-order valence-corrected chi connectivity index (χ0v) is 17.2. The Kier molecular flexibility index (Phi) is 4.85. The van der Waals surface area contributed by atoms with Gasteiger partial charge in [0.25, 0.3) is 5.91 Å². The van der Waals surface area contributed by atoms with Gasteiger partial charge >= 0.3 is 0 Å². The number of fused-ring (bicyclic) bond motifs is 1. The van der Waals surface area contributed by atoms with Crippen molar-refractivity contribution < 1.29 is 4.79 Å². The van der Waals surface area contributed by atoms with Gasteiger partial charge in [0.1, 0.15) is 11.5 Å². The highest BCUT2D eigenvalue weighted by Crippen LogP contribution is 2.21. The maximum Gasteiger partial charge on any atom is 0.274 e. The van der Waals surface area contributed by atoms with Gasteiger partial charge in [0.2, 0.25) is 5.96 Å². The van der Waals surface area contributed by atoms with Crippen LogP contribution in [0.15, 0.2) is 46.8 Å². The van der Waals surface area contributed by atoms with Gasteiger partial charge in [-0.15, -0.1) is 11.3 Å². The van der Waals surface area contributed by atoms with Gasteiger partial charge in [-0.05, 0) is 30.8 Å². The van der Waals surface area contributed by atoms with Crippen LogP contribution in [-0.2, 0) is 4.79 Å². The van der Waals surface area contributed by atoms with Crippen LogP contribution < -0.4 is 15.5 Å². The van der Waals surface area contributed by atoms with E-state index in [-0.39, 0.29) is 5.91 Å². The maximum absolute atomic E-state index is 12.3. The third-order valence-electron chi connectivity index (χ3n) is 5.07. The Morgan fingerprint density at radius 2 is 1.97 bits per heavy atom. The van der Waals surface area contributed by atoms with Crippen molar-refractivity contribution in [1.29, 1.82) is 0 Å². The summed E-state index contributed by atoms with van der Waals surface area (Å²) in [7, 11) is 2.12. The minimum Gasteiger partial charge on any atom is -0.353 e. The summed E-state index contributed by atoms with van der Waals surface area (Å²) in [6.45, 7) is 3.87. The molecular formula is C20H20N8OS. The highest BCUT2D eigenvalue weighted by molar-refractivity contribution is 7.16. The van der Waals surface area contributed by atoms with Gasteiger partial charge in [-0.1, -0.05) is 6.07 Å². The molecule has 1 amide bonds. The average molecular weight is 421 g/mol.